The Morgan fingerprint density at radius 3 is 1.25 bits per heavy atom. The third-order valence-corrected chi connectivity index (χ3v) is 13.1. The van der Waals surface area contributed by atoms with Crippen molar-refractivity contribution in [3.63, 3.8) is 0 Å². The maximum absolute atomic E-state index is 5.52. The third kappa shape index (κ3) is 6.05. The Morgan fingerprint density at radius 1 is 0.277 bits per heavy atom. The molecule has 0 aliphatic carbocycles. The average Bonchev–Trinajstić information content (AvgIpc) is 3.73. The minimum absolute atomic E-state index is 0.848. The predicted octanol–water partition coefficient (Wildman–Crippen LogP) is 16.5. The molecule has 0 unspecified atom stereocenters. The molecule has 0 fully saturated rings. The molecule has 13 rings (SSSR count). The van der Waals surface area contributed by atoms with Crippen LogP contribution in [-0.4, -0.2) is 14.5 Å². The van der Waals surface area contributed by atoms with Gasteiger partial charge in [0.15, 0.2) is 0 Å². The minimum Gasteiger partial charge on any atom is -0.309 e. The van der Waals surface area contributed by atoms with Crippen LogP contribution in [0.5, 0.6) is 0 Å². The van der Waals surface area contributed by atoms with Crippen LogP contribution in [0.4, 0.5) is 0 Å². The lowest BCUT2D eigenvalue weighted by Gasteiger charge is -2.17. The highest BCUT2D eigenvalue weighted by atomic mass is 15.0. The zero-order valence-corrected chi connectivity index (χ0v) is 35.4. The van der Waals surface area contributed by atoms with Crippen LogP contribution in [0, 0.1) is 0 Å². The van der Waals surface area contributed by atoms with E-state index >= 15 is 0 Å². The fourth-order valence-electron chi connectivity index (χ4n) is 10.2. The van der Waals surface area contributed by atoms with Crippen LogP contribution in [0.2, 0.25) is 0 Å². The van der Waals surface area contributed by atoms with Crippen LogP contribution >= 0.6 is 0 Å². The number of benzene rings is 11. The molecule has 0 radical (unpaired) electrons. The maximum Gasteiger partial charge on any atom is 0.0980 e. The highest BCUT2D eigenvalue weighted by Crippen LogP contribution is 2.47. The summed E-state index contributed by atoms with van der Waals surface area (Å²) in [5.41, 5.74) is 15.9. The Morgan fingerprint density at radius 2 is 0.692 bits per heavy atom. The molecule has 0 bridgehead atoms. The van der Waals surface area contributed by atoms with Crippen molar-refractivity contribution in [3.05, 3.63) is 237 Å². The van der Waals surface area contributed by atoms with E-state index in [9.17, 15) is 0 Å². The van der Waals surface area contributed by atoms with Crippen molar-refractivity contribution < 1.29 is 0 Å². The molecular weight excluding hydrogens is 787 g/mol. The predicted molar refractivity (Wildman–Crippen MR) is 274 cm³/mol. The Labute approximate surface area is 376 Å². The topological polar surface area (TPSA) is 30.7 Å². The Kier molecular flexibility index (Phi) is 8.53. The highest BCUT2D eigenvalue weighted by Gasteiger charge is 2.24. The first-order chi connectivity index (χ1) is 32.2. The zero-order chi connectivity index (χ0) is 42.8. The van der Waals surface area contributed by atoms with Gasteiger partial charge in [0, 0.05) is 27.6 Å². The fraction of sp³-hybridized carbons (Fsp3) is 0. The van der Waals surface area contributed by atoms with Gasteiger partial charge in [-0.3, -0.25) is 0 Å². The number of rotatable bonds is 6. The van der Waals surface area contributed by atoms with Gasteiger partial charge in [-0.2, -0.15) is 0 Å². The largest absolute Gasteiger partial charge is 0.309 e. The molecule has 0 saturated carbocycles. The number of nitrogens with zero attached hydrogens (tertiary/aromatic N) is 3. The van der Waals surface area contributed by atoms with Crippen LogP contribution in [-0.2, 0) is 0 Å². The Hall–Kier alpha value is -8.66. The van der Waals surface area contributed by atoms with Crippen LogP contribution in [0.1, 0.15) is 0 Å². The Bertz CT molecular complexity index is 3830. The van der Waals surface area contributed by atoms with Gasteiger partial charge < -0.3 is 4.57 Å². The molecule has 2 aromatic heterocycles. The van der Waals surface area contributed by atoms with E-state index in [0.29, 0.717) is 0 Å². The van der Waals surface area contributed by atoms with Crippen molar-refractivity contribution >= 4 is 65.2 Å². The second-order valence-corrected chi connectivity index (χ2v) is 16.9. The van der Waals surface area contributed by atoms with Gasteiger partial charge in [0.2, 0.25) is 0 Å². The highest BCUT2D eigenvalue weighted by molar-refractivity contribution is 6.31. The minimum atomic E-state index is 0.848. The second kappa shape index (κ2) is 15.0. The lowest BCUT2D eigenvalue weighted by molar-refractivity contribution is 1.19. The molecule has 0 saturated heterocycles. The number of para-hydroxylation sites is 2. The van der Waals surface area contributed by atoms with Gasteiger partial charge in [-0.15, -0.1) is 0 Å². The van der Waals surface area contributed by atoms with E-state index in [1.165, 1.54) is 60.1 Å². The molecule has 3 nitrogen and oxygen atoms in total. The van der Waals surface area contributed by atoms with Crippen molar-refractivity contribution in [2.75, 3.05) is 0 Å². The summed E-state index contributed by atoms with van der Waals surface area (Å²) in [5, 5.41) is 9.65. The van der Waals surface area contributed by atoms with Gasteiger partial charge in [-0.25, -0.2) is 9.97 Å². The molecule has 0 spiro atoms. The van der Waals surface area contributed by atoms with E-state index in [2.05, 4.69) is 229 Å². The molecule has 13 aromatic rings. The molecule has 2 heterocycles. The van der Waals surface area contributed by atoms with E-state index in [-0.39, 0.29) is 0 Å². The van der Waals surface area contributed by atoms with E-state index in [1.807, 2.05) is 12.1 Å². The van der Waals surface area contributed by atoms with Crippen molar-refractivity contribution in [1.29, 1.82) is 0 Å². The molecule has 0 atom stereocenters. The molecule has 11 aromatic carbocycles. The summed E-state index contributed by atoms with van der Waals surface area (Å²) < 4.78 is 2.52. The second-order valence-electron chi connectivity index (χ2n) is 16.9. The van der Waals surface area contributed by atoms with E-state index in [1.54, 1.807) is 0 Å². The van der Waals surface area contributed by atoms with E-state index in [4.69, 9.17) is 9.97 Å². The first kappa shape index (κ1) is 36.9. The first-order valence-corrected chi connectivity index (χ1v) is 22.2. The number of hydrogen-bond donors (Lipinski definition) is 0. The lowest BCUT2D eigenvalue weighted by atomic mass is 9.92. The normalized spacial score (nSPS) is 11.7. The van der Waals surface area contributed by atoms with E-state index in [0.717, 1.165) is 66.6 Å². The molecule has 3 heteroatoms. The van der Waals surface area contributed by atoms with Crippen molar-refractivity contribution in [1.82, 2.24) is 14.5 Å². The van der Waals surface area contributed by atoms with Gasteiger partial charge in [0.25, 0.3) is 0 Å². The van der Waals surface area contributed by atoms with Crippen LogP contribution in [0.3, 0.4) is 0 Å². The maximum atomic E-state index is 5.52. The third-order valence-electron chi connectivity index (χ3n) is 13.1. The fourth-order valence-corrected chi connectivity index (χ4v) is 10.2. The monoisotopic (exact) mass is 825 g/mol. The van der Waals surface area contributed by atoms with Crippen LogP contribution in [0.15, 0.2) is 237 Å². The van der Waals surface area contributed by atoms with E-state index < -0.39 is 0 Å². The summed E-state index contributed by atoms with van der Waals surface area (Å²) in [7, 11) is 0. The van der Waals surface area contributed by atoms with Crippen LogP contribution in [0.25, 0.3) is 127 Å². The zero-order valence-electron chi connectivity index (χ0n) is 35.4. The molecule has 0 amide bonds. The summed E-state index contributed by atoms with van der Waals surface area (Å²) >= 11 is 0. The summed E-state index contributed by atoms with van der Waals surface area (Å²) in [6.07, 6.45) is 0. The molecule has 0 aliphatic heterocycles. The summed E-state index contributed by atoms with van der Waals surface area (Å²) in [5.74, 6) is 0. The molecule has 65 heavy (non-hydrogen) atoms. The van der Waals surface area contributed by atoms with Crippen molar-refractivity contribution in [3.8, 4) is 61.6 Å². The smallest absolute Gasteiger partial charge is 0.0980 e. The first-order valence-electron chi connectivity index (χ1n) is 22.2. The Balaban J connectivity index is 1.16. The van der Waals surface area contributed by atoms with Gasteiger partial charge >= 0.3 is 0 Å². The number of aromatic nitrogens is 3. The van der Waals surface area contributed by atoms with Crippen molar-refractivity contribution in [2.24, 2.45) is 0 Å². The SMILES string of the molecule is c1ccc(-c2ccc(-c3nc4ccccc4nc3-c3cc(-n4c5cc(-c6ccccc6)c6ccccc6c5c5c6ccccc6c(-c6ccccc6)cc54)cc4ccccc34)cc2)cc1. The van der Waals surface area contributed by atoms with Gasteiger partial charge in [0.05, 0.1) is 33.5 Å². The van der Waals surface area contributed by atoms with Gasteiger partial charge in [-0.05, 0) is 102 Å². The molecular formula is C62H39N3. The molecule has 302 valence electrons. The summed E-state index contributed by atoms with van der Waals surface area (Å²) in [6, 6.07) is 85.3. The standard InChI is InChI=1S/C62H39N3/c1-4-18-40(19-5-1)41-32-34-44(35-33-41)61-62(64-56-31-17-16-30-55(56)63-61)54-37-46(36-45-24-10-11-25-47(45)54)65-57-38-52(42-20-6-2-7-21-42)48-26-12-14-28-50(48)59(57)60-51-29-15-13-27-49(51)53(39-58(60)65)43-22-8-3-9-23-43/h1-39H. The van der Waals surface area contributed by atoms with Crippen LogP contribution < -0.4 is 0 Å². The van der Waals surface area contributed by atoms with Gasteiger partial charge in [-0.1, -0.05) is 200 Å². The number of hydrogen-bond acceptors (Lipinski definition) is 2. The summed E-state index contributed by atoms with van der Waals surface area (Å²) in [4.78, 5) is 10.9. The lowest BCUT2D eigenvalue weighted by Crippen LogP contribution is -2.00. The molecule has 0 aliphatic rings. The van der Waals surface area contributed by atoms with Gasteiger partial charge in [0.1, 0.15) is 0 Å². The molecule has 0 N–H and O–H groups in total. The van der Waals surface area contributed by atoms with Crippen molar-refractivity contribution in [2.45, 2.75) is 0 Å². The summed E-state index contributed by atoms with van der Waals surface area (Å²) in [6.45, 7) is 0. The quantitative estimate of drug-likeness (QED) is 0.167. The number of fused-ring (bicyclic) bond motifs is 9. The average molecular weight is 826 g/mol.